The monoisotopic (exact) mass is 341 g/mol. The van der Waals surface area contributed by atoms with Crippen LogP contribution in [0.4, 0.5) is 0 Å². The van der Waals surface area contributed by atoms with Crippen LogP contribution in [0.25, 0.3) is 5.65 Å². The van der Waals surface area contributed by atoms with Crippen LogP contribution in [0.2, 0.25) is 0 Å². The Hall–Kier alpha value is -2.21. The molecule has 1 aliphatic heterocycles. The molecule has 0 bridgehead atoms. The van der Waals surface area contributed by atoms with Crippen LogP contribution < -0.4 is 5.56 Å². The Morgan fingerprint density at radius 2 is 2.16 bits per heavy atom. The number of hydrogen-bond acceptors (Lipinski definition) is 5. The predicted octanol–water partition coefficient (Wildman–Crippen LogP) is 2.00. The van der Waals surface area contributed by atoms with Gasteiger partial charge in [-0.3, -0.25) is 18.9 Å². The highest BCUT2D eigenvalue weighted by atomic mass is 16.5. The number of aromatic nitrogens is 2. The van der Waals surface area contributed by atoms with Crippen LogP contribution in [0.3, 0.4) is 0 Å². The van der Waals surface area contributed by atoms with E-state index in [1.807, 2.05) is 18.2 Å². The topological polar surface area (TPSA) is 63.9 Å². The average molecular weight is 341 g/mol. The quantitative estimate of drug-likeness (QED) is 0.799. The van der Waals surface area contributed by atoms with E-state index >= 15 is 0 Å². The normalized spacial score (nSPS) is 26.5. The standard InChI is InChI=1S/C19H23N3O3/c1-25-19(24)16-10-13-6-2-3-7-15(13)22(16)12-14-11-18(23)21-9-5-4-8-17(21)20-14/h4-5,8-9,11,13,15-16H,2-3,6-7,10,12H2,1H3/t13-,15+,16+/m1/s1. The summed E-state index contributed by atoms with van der Waals surface area (Å²) >= 11 is 0. The van der Waals surface area contributed by atoms with Crippen LogP contribution in [0.15, 0.2) is 35.3 Å². The summed E-state index contributed by atoms with van der Waals surface area (Å²) in [5.41, 5.74) is 1.27. The van der Waals surface area contributed by atoms with E-state index in [0.717, 1.165) is 18.5 Å². The van der Waals surface area contributed by atoms with Gasteiger partial charge in [0.15, 0.2) is 0 Å². The zero-order chi connectivity index (χ0) is 17.4. The maximum atomic E-state index is 12.3. The van der Waals surface area contributed by atoms with Gasteiger partial charge < -0.3 is 4.74 Å². The first-order chi connectivity index (χ1) is 12.2. The van der Waals surface area contributed by atoms with E-state index in [1.165, 1.54) is 30.8 Å². The lowest BCUT2D eigenvalue weighted by molar-refractivity contribution is -0.146. The van der Waals surface area contributed by atoms with Crippen molar-refractivity contribution in [2.75, 3.05) is 7.11 Å². The molecular weight excluding hydrogens is 318 g/mol. The van der Waals surface area contributed by atoms with Gasteiger partial charge in [-0.05, 0) is 37.3 Å². The van der Waals surface area contributed by atoms with E-state index in [-0.39, 0.29) is 17.6 Å². The van der Waals surface area contributed by atoms with Gasteiger partial charge in [0.2, 0.25) is 0 Å². The summed E-state index contributed by atoms with van der Waals surface area (Å²) in [6, 6.07) is 7.25. The number of esters is 1. The number of rotatable bonds is 3. The van der Waals surface area contributed by atoms with E-state index in [4.69, 9.17) is 4.74 Å². The minimum Gasteiger partial charge on any atom is -0.468 e. The van der Waals surface area contributed by atoms with Crippen molar-refractivity contribution < 1.29 is 9.53 Å². The smallest absolute Gasteiger partial charge is 0.323 e. The van der Waals surface area contributed by atoms with Crippen LogP contribution in [-0.4, -0.2) is 39.4 Å². The highest BCUT2D eigenvalue weighted by Gasteiger charge is 2.45. The van der Waals surface area contributed by atoms with Crippen molar-refractivity contribution in [3.05, 3.63) is 46.5 Å². The van der Waals surface area contributed by atoms with Gasteiger partial charge in [0.25, 0.3) is 5.56 Å². The van der Waals surface area contributed by atoms with Crippen LogP contribution in [0.5, 0.6) is 0 Å². The molecular formula is C19H23N3O3. The number of fused-ring (bicyclic) bond motifs is 2. The lowest BCUT2D eigenvalue weighted by Gasteiger charge is -2.32. The first-order valence-electron chi connectivity index (χ1n) is 8.98. The number of pyridine rings is 1. The molecule has 25 heavy (non-hydrogen) atoms. The van der Waals surface area contributed by atoms with Gasteiger partial charge in [-0.25, -0.2) is 4.98 Å². The second-order valence-electron chi connectivity index (χ2n) is 7.07. The van der Waals surface area contributed by atoms with Crippen LogP contribution in [0, 0.1) is 5.92 Å². The Labute approximate surface area is 146 Å². The number of ether oxygens (including phenoxy) is 1. The molecule has 1 saturated heterocycles. The Kier molecular flexibility index (Phi) is 4.29. The number of carbonyl (C=O) groups excluding carboxylic acids is 1. The maximum Gasteiger partial charge on any atom is 0.323 e. The molecule has 6 heteroatoms. The molecule has 0 N–H and O–H groups in total. The first kappa shape index (κ1) is 16.3. The van der Waals surface area contributed by atoms with E-state index in [9.17, 15) is 9.59 Å². The summed E-state index contributed by atoms with van der Waals surface area (Å²) in [7, 11) is 1.45. The highest BCUT2D eigenvalue weighted by Crippen LogP contribution is 2.40. The van der Waals surface area contributed by atoms with Gasteiger partial charge in [0.1, 0.15) is 11.7 Å². The minimum absolute atomic E-state index is 0.0883. The first-order valence-corrected chi connectivity index (χ1v) is 8.98. The molecule has 0 radical (unpaired) electrons. The van der Waals surface area contributed by atoms with E-state index in [2.05, 4.69) is 9.88 Å². The van der Waals surface area contributed by atoms with Crippen molar-refractivity contribution >= 4 is 11.6 Å². The van der Waals surface area contributed by atoms with E-state index < -0.39 is 0 Å². The molecule has 0 unspecified atom stereocenters. The number of likely N-dealkylation sites (tertiary alicyclic amines) is 1. The Morgan fingerprint density at radius 3 is 3.00 bits per heavy atom. The molecule has 2 aromatic rings. The zero-order valence-electron chi connectivity index (χ0n) is 14.4. The summed E-state index contributed by atoms with van der Waals surface area (Å²) < 4.78 is 6.57. The molecule has 0 amide bonds. The number of hydrogen-bond donors (Lipinski definition) is 0. The Morgan fingerprint density at radius 1 is 1.32 bits per heavy atom. The molecule has 1 saturated carbocycles. The third-order valence-electron chi connectivity index (χ3n) is 5.66. The summed E-state index contributed by atoms with van der Waals surface area (Å²) in [5.74, 6) is 0.367. The molecule has 0 spiro atoms. The lowest BCUT2D eigenvalue weighted by Crippen LogP contribution is -2.42. The van der Waals surface area contributed by atoms with Gasteiger partial charge in [-0.1, -0.05) is 18.9 Å². The molecule has 3 atom stereocenters. The van der Waals surface area contributed by atoms with Crippen molar-refractivity contribution in [1.29, 1.82) is 0 Å². The van der Waals surface area contributed by atoms with Gasteiger partial charge in [-0.2, -0.15) is 0 Å². The lowest BCUT2D eigenvalue weighted by atomic mass is 9.85. The maximum absolute atomic E-state index is 12.3. The van der Waals surface area contributed by atoms with Gasteiger partial charge in [0, 0.05) is 24.8 Å². The van der Waals surface area contributed by atoms with Crippen molar-refractivity contribution in [3.8, 4) is 0 Å². The number of nitrogens with zero attached hydrogens (tertiary/aromatic N) is 3. The third-order valence-corrected chi connectivity index (χ3v) is 5.66. The minimum atomic E-state index is -0.228. The summed E-state index contributed by atoms with van der Waals surface area (Å²) in [4.78, 5) is 31.5. The second-order valence-corrected chi connectivity index (χ2v) is 7.07. The summed E-state index contributed by atoms with van der Waals surface area (Å²) in [6.45, 7) is 0.515. The molecule has 3 heterocycles. The highest BCUT2D eigenvalue weighted by molar-refractivity contribution is 5.76. The van der Waals surface area contributed by atoms with E-state index in [1.54, 1.807) is 12.3 Å². The fourth-order valence-electron chi connectivity index (χ4n) is 4.52. The van der Waals surface area contributed by atoms with Crippen molar-refractivity contribution in [1.82, 2.24) is 14.3 Å². The van der Waals surface area contributed by atoms with Gasteiger partial charge in [-0.15, -0.1) is 0 Å². The van der Waals surface area contributed by atoms with Crippen molar-refractivity contribution in [2.45, 2.75) is 50.7 Å². The molecule has 2 aromatic heterocycles. The molecule has 1 aliphatic carbocycles. The zero-order valence-corrected chi connectivity index (χ0v) is 14.4. The van der Waals surface area contributed by atoms with Crippen molar-refractivity contribution in [3.63, 3.8) is 0 Å². The fraction of sp³-hybridized carbons (Fsp3) is 0.526. The van der Waals surface area contributed by atoms with Gasteiger partial charge >= 0.3 is 5.97 Å². The Balaban J connectivity index is 1.67. The summed E-state index contributed by atoms with van der Waals surface area (Å²) in [5, 5.41) is 0. The second kappa shape index (κ2) is 6.59. The van der Waals surface area contributed by atoms with Crippen LogP contribution in [-0.2, 0) is 16.1 Å². The number of carbonyl (C=O) groups is 1. The molecule has 2 aliphatic rings. The third kappa shape index (κ3) is 2.95. The molecule has 132 valence electrons. The predicted molar refractivity (Wildman–Crippen MR) is 93.2 cm³/mol. The molecule has 0 aromatic carbocycles. The Bertz CT molecular complexity index is 847. The van der Waals surface area contributed by atoms with Crippen LogP contribution >= 0.6 is 0 Å². The van der Waals surface area contributed by atoms with Gasteiger partial charge in [0.05, 0.1) is 12.8 Å². The largest absolute Gasteiger partial charge is 0.468 e. The molecule has 6 nitrogen and oxygen atoms in total. The van der Waals surface area contributed by atoms with Crippen molar-refractivity contribution in [2.24, 2.45) is 5.92 Å². The number of methoxy groups -OCH3 is 1. The van der Waals surface area contributed by atoms with Crippen LogP contribution in [0.1, 0.15) is 37.8 Å². The fourth-order valence-corrected chi connectivity index (χ4v) is 4.52. The average Bonchev–Trinajstić information content (AvgIpc) is 3.00. The molecule has 2 fully saturated rings. The molecule has 4 rings (SSSR count). The SMILES string of the molecule is COC(=O)[C@@H]1C[C@H]2CCCC[C@@H]2N1Cc1cc(=O)n2ccccc2n1. The summed E-state index contributed by atoms with van der Waals surface area (Å²) in [6.07, 6.45) is 7.27. The van der Waals surface area contributed by atoms with E-state index in [0.29, 0.717) is 24.2 Å².